The third kappa shape index (κ3) is 5.16. The Hall–Kier alpha value is -3.63. The van der Waals surface area contributed by atoms with Crippen molar-refractivity contribution in [3.8, 4) is 5.69 Å². The number of amides is 3. The molecule has 0 bridgehead atoms. The average molecular weight is 460 g/mol. The summed E-state index contributed by atoms with van der Waals surface area (Å²) in [6.45, 7) is 3.17. The Morgan fingerprint density at radius 1 is 1.19 bits per heavy atom. The number of aliphatic hydroxyl groups excluding tert-OH is 1. The lowest BCUT2D eigenvalue weighted by Crippen LogP contribution is -2.34. The predicted molar refractivity (Wildman–Crippen MR) is 121 cm³/mol. The van der Waals surface area contributed by atoms with E-state index >= 15 is 0 Å². The van der Waals surface area contributed by atoms with Crippen LogP contribution in [0.4, 0.5) is 15.3 Å². The van der Waals surface area contributed by atoms with E-state index in [1.54, 1.807) is 56.3 Å². The van der Waals surface area contributed by atoms with E-state index in [0.29, 0.717) is 16.9 Å². The second-order valence-corrected chi connectivity index (χ2v) is 7.56. The molecule has 3 amide bonds. The van der Waals surface area contributed by atoms with Crippen LogP contribution in [0.3, 0.4) is 0 Å². The van der Waals surface area contributed by atoms with Crippen LogP contribution in [0, 0.1) is 0 Å². The van der Waals surface area contributed by atoms with Crippen molar-refractivity contribution >= 4 is 40.3 Å². The Morgan fingerprint density at radius 2 is 1.91 bits per heavy atom. The summed E-state index contributed by atoms with van der Waals surface area (Å²) in [7, 11) is 0. The molecule has 0 aliphatic heterocycles. The monoisotopic (exact) mass is 459 g/mol. The molecule has 168 valence electrons. The summed E-state index contributed by atoms with van der Waals surface area (Å²) in [5, 5.41) is 26.3. The Bertz CT molecular complexity index is 1230. The topological polar surface area (TPSA) is 146 Å². The summed E-state index contributed by atoms with van der Waals surface area (Å²) in [6.07, 6.45) is -1.97. The molecule has 0 fully saturated rings. The zero-order valence-corrected chi connectivity index (χ0v) is 18.1. The largest absolute Gasteiger partial charge is 0.465 e. The molecule has 0 aliphatic rings. The number of carbonyl (C=O) groups excluding carboxylic acids is 1. The van der Waals surface area contributed by atoms with Gasteiger partial charge in [0.25, 0.3) is 5.56 Å². The highest BCUT2D eigenvalue weighted by atomic mass is 35.5. The van der Waals surface area contributed by atoms with Crippen LogP contribution in [-0.2, 0) is 0 Å². The van der Waals surface area contributed by atoms with Gasteiger partial charge in [0, 0.05) is 12.2 Å². The van der Waals surface area contributed by atoms with Crippen LogP contribution in [0.1, 0.15) is 25.7 Å². The van der Waals surface area contributed by atoms with Crippen LogP contribution in [0.25, 0.3) is 16.6 Å². The molecule has 10 nitrogen and oxygen atoms in total. The number of aromatic nitrogens is 2. The molecule has 0 saturated heterocycles. The van der Waals surface area contributed by atoms with Gasteiger partial charge < -0.3 is 26.2 Å². The Morgan fingerprint density at radius 3 is 2.59 bits per heavy atom. The third-order valence-corrected chi connectivity index (χ3v) is 4.84. The summed E-state index contributed by atoms with van der Waals surface area (Å²) >= 11 is 6.25. The van der Waals surface area contributed by atoms with Crippen LogP contribution < -0.4 is 21.5 Å². The first-order valence-corrected chi connectivity index (χ1v) is 10.1. The van der Waals surface area contributed by atoms with Crippen LogP contribution in [0.15, 0.2) is 47.3 Å². The molecule has 3 rings (SSSR count). The zero-order valence-electron chi connectivity index (χ0n) is 17.3. The van der Waals surface area contributed by atoms with Gasteiger partial charge in [0.05, 0.1) is 33.8 Å². The van der Waals surface area contributed by atoms with E-state index in [4.69, 9.17) is 16.7 Å². The van der Waals surface area contributed by atoms with Crippen LogP contribution in [0.2, 0.25) is 5.02 Å². The lowest BCUT2D eigenvalue weighted by atomic mass is 10.2. The summed E-state index contributed by atoms with van der Waals surface area (Å²) in [5.74, 6) is 0.155. The molecule has 1 aromatic heterocycles. The van der Waals surface area contributed by atoms with E-state index in [1.165, 1.54) is 4.57 Å². The Labute approximate surface area is 187 Å². The molecule has 11 heteroatoms. The number of nitrogens with zero attached hydrogens (tertiary/aromatic N) is 2. The molecule has 0 saturated carbocycles. The van der Waals surface area contributed by atoms with Crippen molar-refractivity contribution in [3.63, 3.8) is 0 Å². The number of urea groups is 1. The second-order valence-electron chi connectivity index (χ2n) is 7.15. The highest BCUT2D eigenvalue weighted by Crippen LogP contribution is 2.24. The fourth-order valence-electron chi connectivity index (χ4n) is 3.14. The van der Waals surface area contributed by atoms with E-state index in [9.17, 15) is 19.5 Å². The standard InChI is InChI=1S/C21H22ClN5O5/c1-11(28)10-23-20(30)25-13-5-3-6-14(9-13)27-18(12(2)24-21(31)32)26-16-8-4-7-15(22)17(16)19(27)29/h3-9,11-12,24,28H,10H2,1-2H3,(H,31,32)(H2,23,25,30)/t11?,12-/m0/s1. The van der Waals surface area contributed by atoms with Crippen LogP contribution >= 0.6 is 11.6 Å². The normalized spacial score (nSPS) is 12.8. The van der Waals surface area contributed by atoms with Crippen molar-refractivity contribution in [1.29, 1.82) is 0 Å². The quantitative estimate of drug-likeness (QED) is 0.383. The van der Waals surface area contributed by atoms with E-state index in [1.807, 2.05) is 0 Å². The summed E-state index contributed by atoms with van der Waals surface area (Å²) < 4.78 is 1.26. The van der Waals surface area contributed by atoms with Gasteiger partial charge in [0.15, 0.2) is 0 Å². The van der Waals surface area contributed by atoms with Crippen molar-refractivity contribution < 1.29 is 19.8 Å². The molecule has 1 heterocycles. The number of nitrogens with one attached hydrogen (secondary N) is 3. The number of halogens is 1. The molecule has 5 N–H and O–H groups in total. The lowest BCUT2D eigenvalue weighted by Gasteiger charge is -2.19. The van der Waals surface area contributed by atoms with Gasteiger partial charge in [-0.3, -0.25) is 9.36 Å². The van der Waals surface area contributed by atoms with Gasteiger partial charge in [-0.15, -0.1) is 0 Å². The average Bonchev–Trinajstić information content (AvgIpc) is 2.71. The van der Waals surface area contributed by atoms with E-state index in [0.717, 1.165) is 0 Å². The van der Waals surface area contributed by atoms with Crippen molar-refractivity contribution in [2.75, 3.05) is 11.9 Å². The Kier molecular flexibility index (Phi) is 6.96. The molecule has 0 aliphatic carbocycles. The second kappa shape index (κ2) is 9.67. The number of carboxylic acid groups (broad SMARTS) is 1. The van der Waals surface area contributed by atoms with Crippen LogP contribution in [0.5, 0.6) is 0 Å². The number of hydrogen-bond acceptors (Lipinski definition) is 5. The fraction of sp³-hybridized carbons (Fsp3) is 0.238. The fourth-order valence-corrected chi connectivity index (χ4v) is 3.39. The number of carbonyl (C=O) groups is 2. The molecule has 2 aromatic carbocycles. The van der Waals surface area contributed by atoms with Crippen molar-refractivity contribution in [2.24, 2.45) is 0 Å². The van der Waals surface area contributed by atoms with Crippen LogP contribution in [-0.4, -0.2) is 44.5 Å². The molecular formula is C21H22ClN5O5. The number of hydrogen-bond donors (Lipinski definition) is 5. The predicted octanol–water partition coefficient (Wildman–Crippen LogP) is 2.87. The molecule has 32 heavy (non-hydrogen) atoms. The van der Waals surface area contributed by atoms with E-state index in [2.05, 4.69) is 20.9 Å². The Balaban J connectivity index is 2.12. The highest BCUT2D eigenvalue weighted by molar-refractivity contribution is 6.35. The number of aliphatic hydroxyl groups is 1. The first-order valence-electron chi connectivity index (χ1n) is 9.71. The minimum absolute atomic E-state index is 0.0700. The number of fused-ring (bicyclic) bond motifs is 1. The van der Waals surface area contributed by atoms with E-state index in [-0.39, 0.29) is 22.8 Å². The van der Waals surface area contributed by atoms with Crippen molar-refractivity contribution in [2.45, 2.75) is 26.0 Å². The van der Waals surface area contributed by atoms with Gasteiger partial charge in [0.2, 0.25) is 0 Å². The highest BCUT2D eigenvalue weighted by Gasteiger charge is 2.20. The summed E-state index contributed by atoms with van der Waals surface area (Å²) in [6, 6.07) is 9.90. The molecule has 0 radical (unpaired) electrons. The number of anilines is 1. The van der Waals surface area contributed by atoms with Gasteiger partial charge in [-0.2, -0.15) is 0 Å². The number of benzene rings is 2. The zero-order chi connectivity index (χ0) is 23.4. The molecule has 1 unspecified atom stereocenters. The van der Waals surface area contributed by atoms with Gasteiger partial charge in [-0.05, 0) is 44.2 Å². The first-order chi connectivity index (χ1) is 15.2. The van der Waals surface area contributed by atoms with E-state index < -0.39 is 29.8 Å². The third-order valence-electron chi connectivity index (χ3n) is 4.52. The van der Waals surface area contributed by atoms with Gasteiger partial charge >= 0.3 is 12.1 Å². The van der Waals surface area contributed by atoms with Gasteiger partial charge in [-0.25, -0.2) is 14.6 Å². The minimum atomic E-state index is -1.27. The maximum Gasteiger partial charge on any atom is 0.405 e. The van der Waals surface area contributed by atoms with Crippen molar-refractivity contribution in [1.82, 2.24) is 20.2 Å². The number of rotatable bonds is 6. The maximum atomic E-state index is 13.4. The molecule has 3 aromatic rings. The first kappa shape index (κ1) is 23.0. The van der Waals surface area contributed by atoms with Gasteiger partial charge in [0.1, 0.15) is 5.82 Å². The maximum absolute atomic E-state index is 13.4. The smallest absolute Gasteiger partial charge is 0.405 e. The summed E-state index contributed by atoms with van der Waals surface area (Å²) in [5.41, 5.74) is 0.582. The van der Waals surface area contributed by atoms with Gasteiger partial charge in [-0.1, -0.05) is 23.7 Å². The summed E-state index contributed by atoms with van der Waals surface area (Å²) in [4.78, 5) is 41.1. The molecule has 2 atom stereocenters. The SMILES string of the molecule is CC(O)CNC(=O)Nc1cccc(-n2c([C@H](C)NC(=O)O)nc3cccc(Cl)c3c2=O)c1. The van der Waals surface area contributed by atoms with Crippen molar-refractivity contribution in [3.05, 3.63) is 63.7 Å². The molecule has 0 spiro atoms. The lowest BCUT2D eigenvalue weighted by molar-refractivity contribution is 0.190. The minimum Gasteiger partial charge on any atom is -0.465 e. The molecular weight excluding hydrogens is 438 g/mol.